The molecule has 0 unspecified atom stereocenters. The summed E-state index contributed by atoms with van der Waals surface area (Å²) in [5.74, 6) is 1.56. The van der Waals surface area contributed by atoms with Crippen LogP contribution in [0.25, 0.3) is 6.08 Å². The van der Waals surface area contributed by atoms with Crippen LogP contribution in [0.4, 0.5) is 0 Å². The largest absolute Gasteiger partial charge is 0.496 e. The number of hydrogen-bond acceptors (Lipinski definition) is 3. The molecular weight excluding hydrogens is 359 g/mol. The number of carbonyl (C=O) groups is 1. The number of carbonyl (C=O) groups excluding carboxylic acids is 1. The summed E-state index contributed by atoms with van der Waals surface area (Å²) in [6.07, 6.45) is 5.48. The van der Waals surface area contributed by atoms with Crippen LogP contribution >= 0.6 is 23.2 Å². The van der Waals surface area contributed by atoms with E-state index < -0.39 is 0 Å². The van der Waals surface area contributed by atoms with Crippen LogP contribution in [-0.2, 0) is 11.4 Å². The summed E-state index contributed by atoms with van der Waals surface area (Å²) in [4.78, 5) is 11.8. The van der Waals surface area contributed by atoms with Crippen molar-refractivity contribution in [1.82, 2.24) is 0 Å². The normalized spacial score (nSPS) is 13.9. The predicted octanol–water partition coefficient (Wildman–Crippen LogP) is 5.57. The van der Waals surface area contributed by atoms with Gasteiger partial charge < -0.3 is 9.47 Å². The Bertz CT molecular complexity index is 790. The van der Waals surface area contributed by atoms with E-state index in [1.165, 1.54) is 0 Å². The van der Waals surface area contributed by atoms with Crippen molar-refractivity contribution in [2.24, 2.45) is 5.92 Å². The number of hydrogen-bond donors (Lipinski definition) is 0. The molecule has 0 radical (unpaired) electrons. The zero-order chi connectivity index (χ0) is 17.8. The first-order chi connectivity index (χ1) is 12.1. The third-order valence-corrected chi connectivity index (χ3v) is 4.61. The lowest BCUT2D eigenvalue weighted by atomic mass is 10.1. The van der Waals surface area contributed by atoms with Gasteiger partial charge in [0.25, 0.3) is 0 Å². The van der Waals surface area contributed by atoms with Crippen LogP contribution in [-0.4, -0.2) is 12.9 Å². The first-order valence-corrected chi connectivity index (χ1v) is 8.79. The van der Waals surface area contributed by atoms with Crippen molar-refractivity contribution >= 4 is 35.1 Å². The van der Waals surface area contributed by atoms with Gasteiger partial charge in [0.05, 0.1) is 17.2 Å². The van der Waals surface area contributed by atoms with E-state index in [1.54, 1.807) is 31.4 Å². The van der Waals surface area contributed by atoms with Crippen molar-refractivity contribution in [3.8, 4) is 11.5 Å². The van der Waals surface area contributed by atoms with Crippen LogP contribution in [0.15, 0.2) is 42.5 Å². The number of para-hydroxylation sites is 1. The lowest BCUT2D eigenvalue weighted by Gasteiger charge is -2.13. The lowest BCUT2D eigenvalue weighted by molar-refractivity contribution is -0.115. The van der Waals surface area contributed by atoms with E-state index >= 15 is 0 Å². The fourth-order valence-corrected chi connectivity index (χ4v) is 2.97. The van der Waals surface area contributed by atoms with E-state index in [9.17, 15) is 4.79 Å². The van der Waals surface area contributed by atoms with E-state index in [-0.39, 0.29) is 18.3 Å². The highest BCUT2D eigenvalue weighted by molar-refractivity contribution is 6.37. The van der Waals surface area contributed by atoms with Gasteiger partial charge in [0.15, 0.2) is 11.5 Å². The summed E-state index contributed by atoms with van der Waals surface area (Å²) >= 11 is 12.3. The molecular formula is C20H18Cl2O3. The summed E-state index contributed by atoms with van der Waals surface area (Å²) in [5.41, 5.74) is 1.76. The molecule has 1 saturated carbocycles. The maximum atomic E-state index is 11.8. The van der Waals surface area contributed by atoms with Gasteiger partial charge in [0, 0.05) is 11.5 Å². The van der Waals surface area contributed by atoms with Gasteiger partial charge in [-0.1, -0.05) is 41.4 Å². The zero-order valence-electron chi connectivity index (χ0n) is 13.8. The van der Waals surface area contributed by atoms with Gasteiger partial charge >= 0.3 is 0 Å². The molecule has 0 amide bonds. The number of ketones is 1. The Labute approximate surface area is 157 Å². The van der Waals surface area contributed by atoms with Crippen molar-refractivity contribution in [2.45, 2.75) is 19.4 Å². The number of benzene rings is 2. The Morgan fingerprint density at radius 2 is 1.92 bits per heavy atom. The molecule has 1 aliphatic carbocycles. The quantitative estimate of drug-likeness (QED) is 0.592. The Morgan fingerprint density at radius 3 is 2.56 bits per heavy atom. The van der Waals surface area contributed by atoms with Gasteiger partial charge in [0.1, 0.15) is 12.4 Å². The van der Waals surface area contributed by atoms with Crippen molar-refractivity contribution in [3.05, 3.63) is 63.6 Å². The Balaban J connectivity index is 1.77. The van der Waals surface area contributed by atoms with Gasteiger partial charge in [0.2, 0.25) is 0 Å². The third-order valence-electron chi connectivity index (χ3n) is 4.02. The third kappa shape index (κ3) is 4.56. The van der Waals surface area contributed by atoms with Crippen LogP contribution in [0, 0.1) is 5.92 Å². The highest BCUT2D eigenvalue weighted by atomic mass is 35.5. The minimum absolute atomic E-state index is 0.191. The fourth-order valence-electron chi connectivity index (χ4n) is 2.47. The number of allylic oxidation sites excluding steroid dienone is 1. The topological polar surface area (TPSA) is 35.5 Å². The fraction of sp³-hybridized carbons (Fsp3) is 0.250. The first-order valence-electron chi connectivity index (χ1n) is 8.04. The molecule has 1 fully saturated rings. The average molecular weight is 377 g/mol. The molecule has 0 spiro atoms. The Hall–Kier alpha value is -1.97. The molecule has 0 saturated heterocycles. The minimum atomic E-state index is 0.191. The van der Waals surface area contributed by atoms with Crippen LogP contribution in [0.2, 0.25) is 10.0 Å². The minimum Gasteiger partial charge on any atom is -0.496 e. The van der Waals surface area contributed by atoms with Gasteiger partial charge in [-0.05, 0) is 48.7 Å². The van der Waals surface area contributed by atoms with Gasteiger partial charge in [-0.25, -0.2) is 0 Å². The summed E-state index contributed by atoms with van der Waals surface area (Å²) in [6.45, 7) is 0.255. The van der Waals surface area contributed by atoms with Crippen LogP contribution in [0.1, 0.15) is 24.0 Å². The molecule has 1 aliphatic rings. The molecule has 0 atom stereocenters. The lowest BCUT2D eigenvalue weighted by Crippen LogP contribution is -2.00. The molecule has 3 nitrogen and oxygen atoms in total. The Kier molecular flexibility index (Phi) is 5.67. The summed E-state index contributed by atoms with van der Waals surface area (Å²) in [5, 5.41) is 0.912. The van der Waals surface area contributed by atoms with Crippen LogP contribution in [0.3, 0.4) is 0 Å². The van der Waals surface area contributed by atoms with E-state index in [1.807, 2.05) is 24.3 Å². The summed E-state index contributed by atoms with van der Waals surface area (Å²) in [7, 11) is 1.60. The SMILES string of the molecule is COc1ccc(/C=C/C(=O)C2CC2)cc1COc1c(Cl)cccc1Cl. The van der Waals surface area contributed by atoms with E-state index in [4.69, 9.17) is 32.7 Å². The van der Waals surface area contributed by atoms with Gasteiger partial charge in [-0.3, -0.25) is 4.79 Å². The molecule has 0 bridgehead atoms. The van der Waals surface area contributed by atoms with E-state index in [0.717, 1.165) is 24.0 Å². The zero-order valence-corrected chi connectivity index (χ0v) is 15.3. The molecule has 5 heteroatoms. The monoisotopic (exact) mass is 376 g/mol. The standard InChI is InChI=1S/C20H18Cl2O3/c1-24-19-10-6-13(5-9-18(23)14-7-8-14)11-15(19)12-25-20-16(21)3-2-4-17(20)22/h2-6,9-11,14H,7-8,12H2,1H3/b9-5+. The molecule has 0 N–H and O–H groups in total. The number of methoxy groups -OCH3 is 1. The predicted molar refractivity (Wildman–Crippen MR) is 101 cm³/mol. The van der Waals surface area contributed by atoms with Crippen molar-refractivity contribution in [1.29, 1.82) is 0 Å². The smallest absolute Gasteiger partial charge is 0.158 e. The summed E-state index contributed by atoms with van der Waals surface area (Å²) in [6, 6.07) is 10.9. The number of halogens is 2. The van der Waals surface area contributed by atoms with E-state index in [2.05, 4.69) is 0 Å². The molecule has 0 heterocycles. The molecule has 130 valence electrons. The molecule has 0 aliphatic heterocycles. The first kappa shape index (κ1) is 17.8. The average Bonchev–Trinajstić information content (AvgIpc) is 3.44. The second kappa shape index (κ2) is 7.94. The molecule has 2 aromatic carbocycles. The molecule has 25 heavy (non-hydrogen) atoms. The molecule has 3 rings (SSSR count). The molecule has 0 aromatic heterocycles. The number of rotatable bonds is 7. The number of ether oxygens (including phenoxy) is 2. The van der Waals surface area contributed by atoms with Crippen molar-refractivity contribution < 1.29 is 14.3 Å². The summed E-state index contributed by atoms with van der Waals surface area (Å²) < 4.78 is 11.2. The Morgan fingerprint density at radius 1 is 1.20 bits per heavy atom. The van der Waals surface area contributed by atoms with Gasteiger partial charge in [-0.15, -0.1) is 0 Å². The van der Waals surface area contributed by atoms with Crippen LogP contribution < -0.4 is 9.47 Å². The van der Waals surface area contributed by atoms with Crippen LogP contribution in [0.5, 0.6) is 11.5 Å². The second-order valence-electron chi connectivity index (χ2n) is 5.92. The highest BCUT2D eigenvalue weighted by Gasteiger charge is 2.27. The van der Waals surface area contributed by atoms with E-state index in [0.29, 0.717) is 21.5 Å². The van der Waals surface area contributed by atoms with Crippen molar-refractivity contribution in [3.63, 3.8) is 0 Å². The molecule has 2 aromatic rings. The second-order valence-corrected chi connectivity index (χ2v) is 6.74. The highest BCUT2D eigenvalue weighted by Crippen LogP contribution is 2.34. The van der Waals surface area contributed by atoms with Crippen molar-refractivity contribution in [2.75, 3.05) is 7.11 Å². The maximum absolute atomic E-state index is 11.8. The maximum Gasteiger partial charge on any atom is 0.158 e. The van der Waals surface area contributed by atoms with Gasteiger partial charge in [-0.2, -0.15) is 0 Å².